The van der Waals surface area contributed by atoms with Gasteiger partial charge in [-0.1, -0.05) is 24.3 Å². The number of hydrogen-bond donors (Lipinski definition) is 1. The summed E-state index contributed by atoms with van der Waals surface area (Å²) >= 11 is 0. The lowest BCUT2D eigenvalue weighted by Crippen LogP contribution is -2.42. The minimum Gasteiger partial charge on any atom is -0.467 e. The van der Waals surface area contributed by atoms with Crippen molar-refractivity contribution in [2.75, 3.05) is 5.32 Å². The Labute approximate surface area is 138 Å². The van der Waals surface area contributed by atoms with Gasteiger partial charge in [0.25, 0.3) is 5.91 Å². The summed E-state index contributed by atoms with van der Waals surface area (Å²) in [5.74, 6) is 0.297. The second kappa shape index (κ2) is 5.85. The average molecular weight is 322 g/mol. The molecule has 4 rings (SSSR count). The Balaban J connectivity index is 1.76. The van der Waals surface area contributed by atoms with Crippen LogP contribution < -0.4 is 5.32 Å². The molecule has 1 amide bonds. The van der Waals surface area contributed by atoms with Crippen LogP contribution in [-0.4, -0.2) is 10.8 Å². The van der Waals surface area contributed by atoms with E-state index in [4.69, 9.17) is 4.42 Å². The third-order valence-corrected chi connectivity index (χ3v) is 4.11. The van der Waals surface area contributed by atoms with E-state index in [0.29, 0.717) is 17.9 Å². The Morgan fingerprint density at radius 3 is 2.58 bits per heavy atom. The highest BCUT2D eigenvalue weighted by molar-refractivity contribution is 6.01. The van der Waals surface area contributed by atoms with Gasteiger partial charge in [0.05, 0.1) is 18.4 Å². The number of nitrogens with zero attached hydrogens (tertiary/aromatic N) is 1. The Morgan fingerprint density at radius 1 is 1.04 bits per heavy atom. The summed E-state index contributed by atoms with van der Waals surface area (Å²) in [7, 11) is 0. The van der Waals surface area contributed by atoms with Gasteiger partial charge in [0.1, 0.15) is 17.7 Å². The zero-order valence-electron chi connectivity index (χ0n) is 12.8. The molecule has 4 nitrogen and oxygen atoms in total. The molecule has 0 aliphatic carbocycles. The number of halogens is 1. The average Bonchev–Trinajstić information content (AvgIpc) is 3.11. The minimum absolute atomic E-state index is 0.0879. The third-order valence-electron chi connectivity index (χ3n) is 4.11. The van der Waals surface area contributed by atoms with Gasteiger partial charge >= 0.3 is 0 Å². The van der Waals surface area contributed by atoms with Crippen molar-refractivity contribution >= 4 is 11.6 Å². The van der Waals surface area contributed by atoms with E-state index in [1.807, 2.05) is 24.3 Å². The van der Waals surface area contributed by atoms with Crippen molar-refractivity contribution in [3.8, 4) is 0 Å². The van der Waals surface area contributed by atoms with Crippen LogP contribution in [0.2, 0.25) is 0 Å². The standard InChI is InChI=1S/C19H15FN2O2/c20-14-9-7-13(8-10-14)18-21-17-6-2-1-5-16(17)19(23)22(18)12-15-4-3-11-24-15/h1-11,18,21H,12H2/t18-/m0/s1. The molecule has 24 heavy (non-hydrogen) atoms. The normalized spacial score (nSPS) is 16.6. The molecule has 0 fully saturated rings. The molecule has 0 saturated heterocycles. The smallest absolute Gasteiger partial charge is 0.258 e. The van der Waals surface area contributed by atoms with Crippen molar-refractivity contribution in [1.82, 2.24) is 4.90 Å². The fraction of sp³-hybridized carbons (Fsp3) is 0.105. The van der Waals surface area contributed by atoms with Gasteiger partial charge in [0.15, 0.2) is 0 Å². The van der Waals surface area contributed by atoms with E-state index in [-0.39, 0.29) is 11.7 Å². The minimum atomic E-state index is -0.391. The molecule has 2 heterocycles. The zero-order chi connectivity index (χ0) is 16.5. The summed E-state index contributed by atoms with van der Waals surface area (Å²) in [6.45, 7) is 0.329. The number of anilines is 1. The van der Waals surface area contributed by atoms with Crippen LogP contribution in [0, 0.1) is 5.82 Å². The Hall–Kier alpha value is -3.08. The van der Waals surface area contributed by atoms with E-state index >= 15 is 0 Å². The number of para-hydroxylation sites is 1. The first-order valence-corrected chi connectivity index (χ1v) is 7.67. The first-order chi connectivity index (χ1) is 11.7. The van der Waals surface area contributed by atoms with Crippen LogP contribution in [0.5, 0.6) is 0 Å². The highest BCUT2D eigenvalue weighted by Crippen LogP contribution is 2.34. The van der Waals surface area contributed by atoms with Crippen LogP contribution in [0.25, 0.3) is 0 Å². The maximum Gasteiger partial charge on any atom is 0.258 e. The van der Waals surface area contributed by atoms with E-state index < -0.39 is 6.17 Å². The van der Waals surface area contributed by atoms with Crippen molar-refractivity contribution in [1.29, 1.82) is 0 Å². The van der Waals surface area contributed by atoms with Gasteiger partial charge in [0.2, 0.25) is 0 Å². The number of carbonyl (C=O) groups is 1. The van der Waals surface area contributed by atoms with E-state index in [1.165, 1.54) is 12.1 Å². The summed E-state index contributed by atoms with van der Waals surface area (Å²) < 4.78 is 18.7. The van der Waals surface area contributed by atoms with Gasteiger partial charge in [-0.05, 0) is 42.0 Å². The molecule has 0 bridgehead atoms. The Bertz CT molecular complexity index is 859. The van der Waals surface area contributed by atoms with Crippen molar-refractivity contribution < 1.29 is 13.6 Å². The van der Waals surface area contributed by atoms with Crippen LogP contribution in [0.4, 0.5) is 10.1 Å². The van der Waals surface area contributed by atoms with Gasteiger partial charge in [-0.25, -0.2) is 4.39 Å². The van der Waals surface area contributed by atoms with E-state index in [0.717, 1.165) is 11.3 Å². The summed E-state index contributed by atoms with van der Waals surface area (Å²) in [5, 5.41) is 3.37. The van der Waals surface area contributed by atoms with E-state index in [9.17, 15) is 9.18 Å². The van der Waals surface area contributed by atoms with Crippen molar-refractivity contribution in [2.24, 2.45) is 0 Å². The predicted molar refractivity (Wildman–Crippen MR) is 87.8 cm³/mol. The molecule has 0 unspecified atom stereocenters. The van der Waals surface area contributed by atoms with Crippen LogP contribution in [0.1, 0.15) is 27.8 Å². The maximum absolute atomic E-state index is 13.3. The molecule has 1 atom stereocenters. The lowest BCUT2D eigenvalue weighted by molar-refractivity contribution is 0.0651. The monoisotopic (exact) mass is 322 g/mol. The molecule has 5 heteroatoms. The van der Waals surface area contributed by atoms with Gasteiger partial charge in [0, 0.05) is 5.69 Å². The summed E-state index contributed by atoms with van der Waals surface area (Å²) in [6, 6.07) is 17.2. The Kier molecular flexibility index (Phi) is 3.54. The lowest BCUT2D eigenvalue weighted by Gasteiger charge is -2.37. The van der Waals surface area contributed by atoms with E-state index in [1.54, 1.807) is 35.4 Å². The van der Waals surface area contributed by atoms with Crippen LogP contribution in [0.15, 0.2) is 71.3 Å². The predicted octanol–water partition coefficient (Wildman–Crippen LogP) is 4.19. The molecule has 120 valence electrons. The van der Waals surface area contributed by atoms with Gasteiger partial charge in [-0.2, -0.15) is 0 Å². The van der Waals surface area contributed by atoms with Gasteiger partial charge in [-0.3, -0.25) is 4.79 Å². The summed E-state index contributed by atoms with van der Waals surface area (Å²) in [6.07, 6.45) is 1.19. The number of furan rings is 1. The molecule has 2 aromatic carbocycles. The molecule has 1 aliphatic heterocycles. The Morgan fingerprint density at radius 2 is 1.83 bits per heavy atom. The van der Waals surface area contributed by atoms with Crippen molar-refractivity contribution in [3.63, 3.8) is 0 Å². The highest BCUT2D eigenvalue weighted by atomic mass is 19.1. The number of fused-ring (bicyclic) bond motifs is 1. The number of hydrogen-bond acceptors (Lipinski definition) is 3. The first kappa shape index (κ1) is 14.5. The lowest BCUT2D eigenvalue weighted by atomic mass is 10.0. The van der Waals surface area contributed by atoms with Gasteiger partial charge < -0.3 is 14.6 Å². The highest BCUT2D eigenvalue weighted by Gasteiger charge is 2.33. The molecule has 0 spiro atoms. The molecule has 1 aliphatic rings. The SMILES string of the molecule is O=C1c2ccccc2N[C@H](c2ccc(F)cc2)N1Cc1ccco1. The second-order valence-electron chi connectivity index (χ2n) is 5.66. The summed E-state index contributed by atoms with van der Waals surface area (Å²) in [4.78, 5) is 14.7. The largest absolute Gasteiger partial charge is 0.467 e. The van der Waals surface area contributed by atoms with Crippen LogP contribution >= 0.6 is 0 Å². The van der Waals surface area contributed by atoms with Crippen molar-refractivity contribution in [2.45, 2.75) is 12.7 Å². The van der Waals surface area contributed by atoms with Crippen LogP contribution in [0.3, 0.4) is 0 Å². The molecule has 0 radical (unpaired) electrons. The number of carbonyl (C=O) groups excluding carboxylic acids is 1. The number of nitrogens with one attached hydrogen (secondary N) is 1. The maximum atomic E-state index is 13.3. The third kappa shape index (κ3) is 2.54. The first-order valence-electron chi connectivity index (χ1n) is 7.67. The molecule has 1 aromatic heterocycles. The number of benzene rings is 2. The number of rotatable bonds is 3. The summed E-state index contributed by atoms with van der Waals surface area (Å²) in [5.41, 5.74) is 2.20. The topological polar surface area (TPSA) is 45.5 Å². The quantitative estimate of drug-likeness (QED) is 0.786. The van der Waals surface area contributed by atoms with Crippen LogP contribution in [-0.2, 0) is 6.54 Å². The van der Waals surface area contributed by atoms with E-state index in [2.05, 4.69) is 5.32 Å². The molecule has 1 N–H and O–H groups in total. The van der Waals surface area contributed by atoms with Gasteiger partial charge in [-0.15, -0.1) is 0 Å². The van der Waals surface area contributed by atoms with Crippen molar-refractivity contribution in [3.05, 3.63) is 89.6 Å². The fourth-order valence-electron chi connectivity index (χ4n) is 2.93. The second-order valence-corrected chi connectivity index (χ2v) is 5.66. The molecular formula is C19H15FN2O2. The fourth-order valence-corrected chi connectivity index (χ4v) is 2.93. The zero-order valence-corrected chi connectivity index (χ0v) is 12.8. The molecule has 0 saturated carbocycles. The molecule has 3 aromatic rings. The molecular weight excluding hydrogens is 307 g/mol. The number of amides is 1.